The second kappa shape index (κ2) is 5.75. The van der Waals surface area contributed by atoms with Crippen LogP contribution in [0.15, 0.2) is 36.4 Å². The van der Waals surface area contributed by atoms with Crippen molar-refractivity contribution in [2.45, 2.75) is 18.1 Å². The van der Waals surface area contributed by atoms with Crippen LogP contribution in [0.2, 0.25) is 0 Å². The third-order valence-corrected chi connectivity index (χ3v) is 5.02. The summed E-state index contributed by atoms with van der Waals surface area (Å²) in [6.45, 7) is 0.676. The van der Waals surface area contributed by atoms with Crippen LogP contribution in [0.3, 0.4) is 0 Å². The molecule has 1 saturated heterocycles. The van der Waals surface area contributed by atoms with Crippen molar-refractivity contribution in [3.63, 3.8) is 0 Å². The molecular formula is C16H17NO2S. The summed E-state index contributed by atoms with van der Waals surface area (Å²) >= 11 is 1.91. The SMILES string of the molecule is O=C(NCC1CCCS1)c1cc2ccccc2cc1O. The van der Waals surface area contributed by atoms with Crippen LogP contribution >= 0.6 is 11.8 Å². The van der Waals surface area contributed by atoms with Gasteiger partial charge in [0.1, 0.15) is 5.75 Å². The van der Waals surface area contributed by atoms with Crippen LogP contribution in [-0.2, 0) is 0 Å². The zero-order valence-corrected chi connectivity index (χ0v) is 12.0. The maximum Gasteiger partial charge on any atom is 0.255 e. The van der Waals surface area contributed by atoms with Crippen molar-refractivity contribution in [3.8, 4) is 5.75 Å². The maximum absolute atomic E-state index is 12.2. The van der Waals surface area contributed by atoms with E-state index in [1.54, 1.807) is 12.1 Å². The van der Waals surface area contributed by atoms with Gasteiger partial charge in [-0.2, -0.15) is 11.8 Å². The fourth-order valence-electron chi connectivity index (χ4n) is 2.52. The third-order valence-electron chi connectivity index (χ3n) is 3.62. The van der Waals surface area contributed by atoms with E-state index in [0.717, 1.165) is 17.2 Å². The quantitative estimate of drug-likeness (QED) is 0.911. The standard InChI is InChI=1S/C16H17NO2S/c18-15-9-12-5-2-1-4-11(12)8-14(15)16(19)17-10-13-6-3-7-20-13/h1-2,4-5,8-9,13,18H,3,6-7,10H2,(H,17,19). The first kappa shape index (κ1) is 13.3. The molecule has 0 spiro atoms. The predicted molar refractivity (Wildman–Crippen MR) is 83.4 cm³/mol. The Kier molecular flexibility index (Phi) is 3.83. The number of thioether (sulfide) groups is 1. The zero-order valence-electron chi connectivity index (χ0n) is 11.1. The third kappa shape index (κ3) is 2.75. The van der Waals surface area contributed by atoms with E-state index in [9.17, 15) is 9.90 Å². The fraction of sp³-hybridized carbons (Fsp3) is 0.312. The van der Waals surface area contributed by atoms with Gasteiger partial charge in [-0.05, 0) is 41.5 Å². The van der Waals surface area contributed by atoms with Crippen molar-refractivity contribution < 1.29 is 9.90 Å². The second-order valence-corrected chi connectivity index (χ2v) is 6.47. The molecule has 0 aliphatic carbocycles. The van der Waals surface area contributed by atoms with Gasteiger partial charge < -0.3 is 10.4 Å². The Morgan fingerprint density at radius 1 is 1.30 bits per heavy atom. The van der Waals surface area contributed by atoms with Crippen molar-refractivity contribution in [1.29, 1.82) is 0 Å². The van der Waals surface area contributed by atoms with Gasteiger partial charge in [-0.15, -0.1) is 0 Å². The van der Waals surface area contributed by atoms with E-state index in [4.69, 9.17) is 0 Å². The van der Waals surface area contributed by atoms with Gasteiger partial charge >= 0.3 is 0 Å². The molecule has 0 bridgehead atoms. The summed E-state index contributed by atoms with van der Waals surface area (Å²) < 4.78 is 0. The highest BCUT2D eigenvalue weighted by molar-refractivity contribution is 8.00. The number of aromatic hydroxyl groups is 1. The van der Waals surface area contributed by atoms with Crippen LogP contribution in [0.4, 0.5) is 0 Å². The minimum Gasteiger partial charge on any atom is -0.507 e. The number of hydrogen-bond donors (Lipinski definition) is 2. The molecule has 3 rings (SSSR count). The molecule has 0 aromatic heterocycles. The van der Waals surface area contributed by atoms with E-state index in [2.05, 4.69) is 5.32 Å². The summed E-state index contributed by atoms with van der Waals surface area (Å²) in [7, 11) is 0. The first-order chi connectivity index (χ1) is 9.74. The van der Waals surface area contributed by atoms with Crippen LogP contribution < -0.4 is 5.32 Å². The van der Waals surface area contributed by atoms with E-state index >= 15 is 0 Å². The van der Waals surface area contributed by atoms with Gasteiger partial charge in [0.15, 0.2) is 0 Å². The average molecular weight is 287 g/mol. The van der Waals surface area contributed by atoms with Gasteiger partial charge in [0, 0.05) is 11.8 Å². The molecule has 20 heavy (non-hydrogen) atoms. The summed E-state index contributed by atoms with van der Waals surface area (Å²) in [5.41, 5.74) is 0.353. The van der Waals surface area contributed by atoms with Gasteiger partial charge in [0.05, 0.1) is 5.56 Å². The minimum absolute atomic E-state index is 0.0419. The van der Waals surface area contributed by atoms with E-state index in [1.165, 1.54) is 12.2 Å². The maximum atomic E-state index is 12.2. The van der Waals surface area contributed by atoms with Gasteiger partial charge in [-0.1, -0.05) is 24.3 Å². The summed E-state index contributed by atoms with van der Waals surface area (Å²) in [5, 5.41) is 15.3. The second-order valence-electron chi connectivity index (χ2n) is 5.06. The molecule has 2 N–H and O–H groups in total. The first-order valence-electron chi connectivity index (χ1n) is 6.85. The summed E-state index contributed by atoms with van der Waals surface area (Å²) in [6.07, 6.45) is 2.39. The highest BCUT2D eigenvalue weighted by atomic mass is 32.2. The molecular weight excluding hydrogens is 270 g/mol. The molecule has 1 atom stereocenters. The number of fused-ring (bicyclic) bond motifs is 1. The van der Waals surface area contributed by atoms with Crippen LogP contribution in [0.5, 0.6) is 5.75 Å². The molecule has 0 saturated carbocycles. The monoisotopic (exact) mass is 287 g/mol. The summed E-state index contributed by atoms with van der Waals surface area (Å²) in [5.74, 6) is 1.03. The Bertz CT molecular complexity index is 635. The topological polar surface area (TPSA) is 49.3 Å². The Morgan fingerprint density at radius 3 is 2.75 bits per heavy atom. The van der Waals surface area contributed by atoms with Crippen LogP contribution in [0.1, 0.15) is 23.2 Å². The Balaban J connectivity index is 1.77. The number of nitrogens with one attached hydrogen (secondary N) is 1. The lowest BCUT2D eigenvalue weighted by atomic mass is 10.1. The number of rotatable bonds is 3. The summed E-state index contributed by atoms with van der Waals surface area (Å²) in [4.78, 5) is 12.2. The van der Waals surface area contributed by atoms with Gasteiger partial charge in [0.2, 0.25) is 0 Å². The highest BCUT2D eigenvalue weighted by Crippen LogP contribution is 2.27. The number of phenolic OH excluding ortho intramolecular Hbond substituents is 1. The molecule has 1 aliphatic heterocycles. The van der Waals surface area contributed by atoms with Gasteiger partial charge in [0.25, 0.3) is 5.91 Å². The van der Waals surface area contributed by atoms with Crippen molar-refractivity contribution >= 4 is 28.4 Å². The lowest BCUT2D eigenvalue weighted by Gasteiger charge is -2.11. The molecule has 3 nitrogen and oxygen atoms in total. The first-order valence-corrected chi connectivity index (χ1v) is 7.90. The van der Waals surface area contributed by atoms with E-state index in [-0.39, 0.29) is 11.7 Å². The Labute approximate surface area is 122 Å². The van der Waals surface area contributed by atoms with Crippen LogP contribution in [0, 0.1) is 0 Å². The number of carbonyl (C=O) groups excluding carboxylic acids is 1. The largest absolute Gasteiger partial charge is 0.507 e. The molecule has 104 valence electrons. The average Bonchev–Trinajstić information content (AvgIpc) is 2.97. The van der Waals surface area contributed by atoms with Crippen LogP contribution in [-0.4, -0.2) is 28.6 Å². The predicted octanol–water partition coefficient (Wildman–Crippen LogP) is 3.17. The number of carbonyl (C=O) groups is 1. The molecule has 4 heteroatoms. The van der Waals surface area contributed by atoms with Gasteiger partial charge in [-0.3, -0.25) is 4.79 Å². The van der Waals surface area contributed by atoms with E-state index < -0.39 is 0 Å². The lowest BCUT2D eigenvalue weighted by molar-refractivity contribution is 0.0951. The van der Waals surface area contributed by atoms with Crippen molar-refractivity contribution in [2.75, 3.05) is 12.3 Å². The Hall–Kier alpha value is -1.68. The lowest BCUT2D eigenvalue weighted by Crippen LogP contribution is -2.29. The smallest absolute Gasteiger partial charge is 0.255 e. The zero-order chi connectivity index (χ0) is 13.9. The molecule has 2 aromatic carbocycles. The minimum atomic E-state index is -0.194. The molecule has 2 aromatic rings. The molecule has 1 unspecified atom stereocenters. The molecule has 0 radical (unpaired) electrons. The van der Waals surface area contributed by atoms with Crippen molar-refractivity contribution in [1.82, 2.24) is 5.32 Å². The summed E-state index contributed by atoms with van der Waals surface area (Å²) in [6, 6.07) is 11.1. The molecule has 1 amide bonds. The molecule has 1 fully saturated rings. The van der Waals surface area contributed by atoms with Crippen molar-refractivity contribution in [3.05, 3.63) is 42.0 Å². The highest BCUT2D eigenvalue weighted by Gasteiger charge is 2.18. The molecule has 1 aliphatic rings. The van der Waals surface area contributed by atoms with E-state index in [1.807, 2.05) is 36.0 Å². The normalized spacial score (nSPS) is 18.3. The van der Waals surface area contributed by atoms with Crippen LogP contribution in [0.25, 0.3) is 10.8 Å². The molecule has 1 heterocycles. The van der Waals surface area contributed by atoms with E-state index in [0.29, 0.717) is 17.4 Å². The number of benzene rings is 2. The Morgan fingerprint density at radius 2 is 2.05 bits per heavy atom. The number of phenols is 1. The van der Waals surface area contributed by atoms with Gasteiger partial charge in [-0.25, -0.2) is 0 Å². The van der Waals surface area contributed by atoms with Crippen molar-refractivity contribution in [2.24, 2.45) is 0 Å². The number of amides is 1. The number of hydrogen-bond acceptors (Lipinski definition) is 3. The fourth-order valence-corrected chi connectivity index (χ4v) is 3.72.